The second kappa shape index (κ2) is 7.15. The van der Waals surface area contributed by atoms with E-state index in [9.17, 15) is 0 Å². The molecule has 1 aliphatic rings. The van der Waals surface area contributed by atoms with Gasteiger partial charge in [0, 0.05) is 11.1 Å². The van der Waals surface area contributed by atoms with E-state index in [1.807, 2.05) is 6.07 Å². The third-order valence-corrected chi connectivity index (χ3v) is 3.97. The molecule has 1 N–H and O–H groups in total. The van der Waals surface area contributed by atoms with Gasteiger partial charge in [0.1, 0.15) is 0 Å². The van der Waals surface area contributed by atoms with Crippen molar-refractivity contribution in [3.8, 4) is 11.5 Å². The molecule has 0 atom stereocenters. The van der Waals surface area contributed by atoms with Gasteiger partial charge in [-0.2, -0.15) is 0 Å². The fourth-order valence-electron chi connectivity index (χ4n) is 2.54. The zero-order valence-electron chi connectivity index (χ0n) is 11.3. The van der Waals surface area contributed by atoms with Gasteiger partial charge in [-0.1, -0.05) is 15.9 Å². The maximum Gasteiger partial charge on any atom is 0.164 e. The van der Waals surface area contributed by atoms with Crippen molar-refractivity contribution in [1.82, 2.24) is 0 Å². The van der Waals surface area contributed by atoms with Crippen molar-refractivity contribution in [3.05, 3.63) is 22.2 Å². The number of halogens is 1. The van der Waals surface area contributed by atoms with Crippen LogP contribution in [0.5, 0.6) is 11.5 Å². The van der Waals surface area contributed by atoms with E-state index in [1.54, 1.807) is 7.11 Å². The highest BCUT2D eigenvalue weighted by Gasteiger charge is 2.21. The van der Waals surface area contributed by atoms with E-state index in [4.69, 9.17) is 14.6 Å². The quantitative estimate of drug-likeness (QED) is 0.865. The summed E-state index contributed by atoms with van der Waals surface area (Å²) in [6.45, 7) is 0.192. The maximum absolute atomic E-state index is 9.01. The van der Waals surface area contributed by atoms with Gasteiger partial charge in [0.05, 0.1) is 13.2 Å². The van der Waals surface area contributed by atoms with Crippen LogP contribution in [-0.4, -0.2) is 24.9 Å². The summed E-state index contributed by atoms with van der Waals surface area (Å²) in [5.74, 6) is 1.63. The van der Waals surface area contributed by atoms with Gasteiger partial charge in [0.25, 0.3) is 0 Å². The summed E-state index contributed by atoms with van der Waals surface area (Å²) in [6.07, 6.45) is 6.58. The summed E-state index contributed by atoms with van der Waals surface area (Å²) in [5.41, 5.74) is 1.10. The van der Waals surface area contributed by atoms with Crippen molar-refractivity contribution in [2.24, 2.45) is 0 Å². The molecule has 19 heavy (non-hydrogen) atoms. The third kappa shape index (κ3) is 3.86. The Balaban J connectivity index is 2.24. The van der Waals surface area contributed by atoms with Crippen molar-refractivity contribution < 1.29 is 14.6 Å². The maximum atomic E-state index is 9.01. The SMILES string of the molecule is COc1cc(Br)cc(CCCO)c1OC1CCCC1. The molecule has 0 bridgehead atoms. The highest BCUT2D eigenvalue weighted by Crippen LogP contribution is 2.38. The second-order valence-electron chi connectivity index (χ2n) is 4.95. The standard InChI is InChI=1S/C15H21BrO3/c1-18-14-10-12(16)9-11(5-4-8-17)15(14)19-13-6-2-3-7-13/h9-10,13,17H,2-8H2,1H3. The van der Waals surface area contributed by atoms with Crippen LogP contribution in [0.25, 0.3) is 0 Å². The van der Waals surface area contributed by atoms with Crippen LogP contribution in [0.4, 0.5) is 0 Å². The molecule has 0 heterocycles. The van der Waals surface area contributed by atoms with E-state index in [0.29, 0.717) is 6.10 Å². The van der Waals surface area contributed by atoms with Crippen molar-refractivity contribution in [1.29, 1.82) is 0 Å². The Morgan fingerprint density at radius 2 is 2.05 bits per heavy atom. The number of hydrogen-bond acceptors (Lipinski definition) is 3. The predicted octanol–water partition coefficient (Wildman–Crippen LogP) is 3.70. The summed E-state index contributed by atoms with van der Waals surface area (Å²) in [6, 6.07) is 4.00. The number of ether oxygens (including phenoxy) is 2. The molecule has 0 saturated heterocycles. The van der Waals surface area contributed by atoms with Crippen molar-refractivity contribution >= 4 is 15.9 Å². The minimum absolute atomic E-state index is 0.192. The van der Waals surface area contributed by atoms with Crippen LogP contribution in [0.1, 0.15) is 37.7 Å². The third-order valence-electron chi connectivity index (χ3n) is 3.51. The molecule has 0 unspecified atom stereocenters. The smallest absolute Gasteiger partial charge is 0.164 e. The van der Waals surface area contributed by atoms with Crippen LogP contribution in [-0.2, 0) is 6.42 Å². The highest BCUT2D eigenvalue weighted by molar-refractivity contribution is 9.10. The van der Waals surface area contributed by atoms with Gasteiger partial charge in [-0.3, -0.25) is 0 Å². The van der Waals surface area contributed by atoms with E-state index in [0.717, 1.165) is 47.2 Å². The molecule has 0 spiro atoms. The largest absolute Gasteiger partial charge is 0.493 e. The molecule has 1 aromatic carbocycles. The molecule has 2 rings (SSSR count). The predicted molar refractivity (Wildman–Crippen MR) is 79.0 cm³/mol. The molecule has 106 valence electrons. The molecule has 0 aliphatic heterocycles. The first-order valence-corrected chi connectivity index (χ1v) is 7.68. The van der Waals surface area contributed by atoms with Crippen LogP contribution in [0, 0.1) is 0 Å². The molecule has 1 aliphatic carbocycles. The van der Waals surface area contributed by atoms with Crippen LogP contribution in [0.2, 0.25) is 0 Å². The Morgan fingerprint density at radius 1 is 1.32 bits per heavy atom. The molecule has 3 nitrogen and oxygen atoms in total. The lowest BCUT2D eigenvalue weighted by molar-refractivity contribution is 0.198. The molecule has 1 fully saturated rings. The molecule has 0 radical (unpaired) electrons. The first-order chi connectivity index (χ1) is 9.24. The van der Waals surface area contributed by atoms with Crippen molar-refractivity contribution in [2.75, 3.05) is 13.7 Å². The van der Waals surface area contributed by atoms with Gasteiger partial charge in [-0.15, -0.1) is 0 Å². The van der Waals surface area contributed by atoms with Gasteiger partial charge >= 0.3 is 0 Å². The first-order valence-electron chi connectivity index (χ1n) is 6.88. The first kappa shape index (κ1) is 14.7. The van der Waals surface area contributed by atoms with Crippen LogP contribution in [0.3, 0.4) is 0 Å². The summed E-state index contributed by atoms with van der Waals surface area (Å²) in [7, 11) is 1.67. The number of benzene rings is 1. The number of aliphatic hydroxyl groups excluding tert-OH is 1. The van der Waals surface area contributed by atoms with E-state index in [1.165, 1.54) is 12.8 Å². The van der Waals surface area contributed by atoms with Gasteiger partial charge in [-0.05, 0) is 56.2 Å². The zero-order chi connectivity index (χ0) is 13.7. The number of hydrogen-bond donors (Lipinski definition) is 1. The van der Waals surface area contributed by atoms with Crippen LogP contribution < -0.4 is 9.47 Å². The Labute approximate surface area is 123 Å². The summed E-state index contributed by atoms with van der Waals surface area (Å²) in [5, 5.41) is 9.01. The molecule has 0 aromatic heterocycles. The molecule has 1 saturated carbocycles. The summed E-state index contributed by atoms with van der Waals surface area (Å²) < 4.78 is 12.6. The van der Waals surface area contributed by atoms with E-state index >= 15 is 0 Å². The zero-order valence-corrected chi connectivity index (χ0v) is 12.9. The normalized spacial score (nSPS) is 15.7. The Bertz CT molecular complexity index is 414. The van der Waals surface area contributed by atoms with Gasteiger partial charge < -0.3 is 14.6 Å². The Morgan fingerprint density at radius 3 is 2.68 bits per heavy atom. The fourth-order valence-corrected chi connectivity index (χ4v) is 3.02. The second-order valence-corrected chi connectivity index (χ2v) is 5.86. The average Bonchev–Trinajstić information content (AvgIpc) is 2.91. The van der Waals surface area contributed by atoms with E-state index in [-0.39, 0.29) is 6.61 Å². The number of methoxy groups -OCH3 is 1. The topological polar surface area (TPSA) is 38.7 Å². The molecular formula is C15H21BrO3. The minimum atomic E-state index is 0.192. The monoisotopic (exact) mass is 328 g/mol. The lowest BCUT2D eigenvalue weighted by atomic mass is 10.1. The molecule has 1 aromatic rings. The lowest BCUT2D eigenvalue weighted by Gasteiger charge is -2.19. The van der Waals surface area contributed by atoms with Crippen LogP contribution >= 0.6 is 15.9 Å². The molecular weight excluding hydrogens is 308 g/mol. The van der Waals surface area contributed by atoms with Crippen LogP contribution in [0.15, 0.2) is 16.6 Å². The minimum Gasteiger partial charge on any atom is -0.493 e. The van der Waals surface area contributed by atoms with Gasteiger partial charge in [0.2, 0.25) is 0 Å². The fraction of sp³-hybridized carbons (Fsp3) is 0.600. The summed E-state index contributed by atoms with van der Waals surface area (Å²) >= 11 is 3.49. The number of aliphatic hydroxyl groups is 1. The number of rotatable bonds is 6. The highest BCUT2D eigenvalue weighted by atomic mass is 79.9. The van der Waals surface area contributed by atoms with Crippen molar-refractivity contribution in [2.45, 2.75) is 44.6 Å². The summed E-state index contributed by atoms with van der Waals surface area (Å²) in [4.78, 5) is 0. The molecule has 4 heteroatoms. The lowest BCUT2D eigenvalue weighted by Crippen LogP contribution is -2.13. The molecule has 0 amide bonds. The van der Waals surface area contributed by atoms with E-state index < -0.39 is 0 Å². The average molecular weight is 329 g/mol. The van der Waals surface area contributed by atoms with Gasteiger partial charge in [0.15, 0.2) is 11.5 Å². The Kier molecular flexibility index (Phi) is 5.52. The van der Waals surface area contributed by atoms with E-state index in [2.05, 4.69) is 22.0 Å². The van der Waals surface area contributed by atoms with Gasteiger partial charge in [-0.25, -0.2) is 0 Å². The van der Waals surface area contributed by atoms with Crippen molar-refractivity contribution in [3.63, 3.8) is 0 Å². The number of aryl methyl sites for hydroxylation is 1. The Hall–Kier alpha value is -0.740.